The minimum Gasteiger partial charge on any atom is -0.497 e. The van der Waals surface area contributed by atoms with Crippen molar-refractivity contribution in [2.45, 2.75) is 45.1 Å². The third-order valence-electron chi connectivity index (χ3n) is 4.43. The fraction of sp³-hybridized carbons (Fsp3) is 0.625. The van der Waals surface area contributed by atoms with Crippen LogP contribution in [0.2, 0.25) is 0 Å². The number of nitrogens with two attached hydrogens (primary N) is 1. The molecule has 2 rings (SSSR count). The van der Waals surface area contributed by atoms with Crippen LogP contribution in [0.1, 0.15) is 45.1 Å². The minimum atomic E-state index is -0.139. The number of ether oxygens (including phenoxy) is 1. The van der Waals surface area contributed by atoms with Gasteiger partial charge in [-0.2, -0.15) is 0 Å². The molecule has 0 bridgehead atoms. The quantitative estimate of drug-likeness (QED) is 0.884. The van der Waals surface area contributed by atoms with E-state index in [-0.39, 0.29) is 5.54 Å². The third-order valence-corrected chi connectivity index (χ3v) is 4.43. The van der Waals surface area contributed by atoms with Gasteiger partial charge in [0.1, 0.15) is 5.75 Å². The van der Waals surface area contributed by atoms with Crippen LogP contribution in [0, 0.1) is 11.8 Å². The summed E-state index contributed by atoms with van der Waals surface area (Å²) >= 11 is 0. The average molecular weight is 247 g/mol. The van der Waals surface area contributed by atoms with Crippen molar-refractivity contribution in [1.29, 1.82) is 0 Å². The van der Waals surface area contributed by atoms with E-state index >= 15 is 0 Å². The van der Waals surface area contributed by atoms with Gasteiger partial charge in [0.15, 0.2) is 0 Å². The molecule has 1 aromatic carbocycles. The molecule has 2 unspecified atom stereocenters. The van der Waals surface area contributed by atoms with Crippen molar-refractivity contribution in [2.24, 2.45) is 17.6 Å². The van der Waals surface area contributed by atoms with Gasteiger partial charge in [-0.05, 0) is 42.4 Å². The zero-order valence-corrected chi connectivity index (χ0v) is 11.8. The van der Waals surface area contributed by atoms with Crippen molar-refractivity contribution in [2.75, 3.05) is 7.11 Å². The monoisotopic (exact) mass is 247 g/mol. The zero-order valence-electron chi connectivity index (χ0n) is 11.8. The van der Waals surface area contributed by atoms with Gasteiger partial charge < -0.3 is 10.5 Å². The number of hydrogen-bond acceptors (Lipinski definition) is 2. The molecule has 2 N–H and O–H groups in total. The molecule has 2 heteroatoms. The van der Waals surface area contributed by atoms with E-state index in [9.17, 15) is 0 Å². The van der Waals surface area contributed by atoms with Crippen LogP contribution in [0.3, 0.4) is 0 Å². The van der Waals surface area contributed by atoms with Crippen molar-refractivity contribution in [1.82, 2.24) is 0 Å². The van der Waals surface area contributed by atoms with Crippen LogP contribution in [-0.4, -0.2) is 7.11 Å². The Morgan fingerprint density at radius 1 is 1.28 bits per heavy atom. The van der Waals surface area contributed by atoms with Crippen LogP contribution in [0.5, 0.6) is 5.75 Å². The largest absolute Gasteiger partial charge is 0.497 e. The summed E-state index contributed by atoms with van der Waals surface area (Å²) in [6, 6.07) is 8.29. The van der Waals surface area contributed by atoms with Crippen molar-refractivity contribution < 1.29 is 4.74 Å². The molecular formula is C16H25NO. The maximum atomic E-state index is 6.66. The molecule has 0 heterocycles. The molecule has 1 fully saturated rings. The topological polar surface area (TPSA) is 35.2 Å². The summed E-state index contributed by atoms with van der Waals surface area (Å²) in [6.07, 6.45) is 4.78. The van der Waals surface area contributed by atoms with Crippen LogP contribution in [0.25, 0.3) is 0 Å². The highest BCUT2D eigenvalue weighted by Gasteiger charge is 2.35. The predicted molar refractivity (Wildman–Crippen MR) is 75.7 cm³/mol. The Morgan fingerprint density at radius 3 is 2.50 bits per heavy atom. The van der Waals surface area contributed by atoms with Crippen LogP contribution in [0.4, 0.5) is 0 Å². The van der Waals surface area contributed by atoms with Gasteiger partial charge in [0.2, 0.25) is 0 Å². The van der Waals surface area contributed by atoms with Crippen molar-refractivity contribution in [3.63, 3.8) is 0 Å². The van der Waals surface area contributed by atoms with Crippen LogP contribution in [0.15, 0.2) is 24.3 Å². The molecule has 0 spiro atoms. The van der Waals surface area contributed by atoms with Gasteiger partial charge in [0.05, 0.1) is 7.11 Å². The van der Waals surface area contributed by atoms with E-state index in [4.69, 9.17) is 10.5 Å². The molecule has 0 aliphatic heterocycles. The molecule has 100 valence electrons. The third kappa shape index (κ3) is 2.69. The first-order chi connectivity index (χ1) is 8.55. The van der Waals surface area contributed by atoms with Gasteiger partial charge >= 0.3 is 0 Å². The molecule has 1 aliphatic carbocycles. The summed E-state index contributed by atoms with van der Waals surface area (Å²) in [7, 11) is 1.70. The molecule has 1 aromatic rings. The number of benzene rings is 1. The molecule has 0 aromatic heterocycles. The molecule has 0 radical (unpaired) electrons. The Morgan fingerprint density at radius 2 is 1.94 bits per heavy atom. The van der Waals surface area contributed by atoms with E-state index < -0.39 is 0 Å². The van der Waals surface area contributed by atoms with Gasteiger partial charge in [0, 0.05) is 5.54 Å². The van der Waals surface area contributed by atoms with E-state index in [1.54, 1.807) is 7.11 Å². The average Bonchev–Trinajstić information content (AvgIpc) is 2.39. The standard InChI is InChI=1S/C16H25NO/c1-12(2)13-5-4-10-16(17,11-13)14-6-8-15(18-3)9-7-14/h6-9,12-13H,4-5,10-11,17H2,1-3H3. The fourth-order valence-corrected chi connectivity index (χ4v) is 3.11. The van der Waals surface area contributed by atoms with Gasteiger partial charge in [-0.1, -0.05) is 38.8 Å². The first-order valence-corrected chi connectivity index (χ1v) is 6.98. The predicted octanol–water partition coefficient (Wildman–Crippen LogP) is 3.70. The van der Waals surface area contributed by atoms with Crippen LogP contribution in [-0.2, 0) is 5.54 Å². The van der Waals surface area contributed by atoms with Crippen molar-refractivity contribution >= 4 is 0 Å². The fourth-order valence-electron chi connectivity index (χ4n) is 3.11. The lowest BCUT2D eigenvalue weighted by Gasteiger charge is -2.40. The van der Waals surface area contributed by atoms with Gasteiger partial charge in [0.25, 0.3) is 0 Å². The molecule has 2 atom stereocenters. The second kappa shape index (κ2) is 5.31. The van der Waals surface area contributed by atoms with E-state index in [1.807, 2.05) is 12.1 Å². The Balaban J connectivity index is 2.18. The highest BCUT2D eigenvalue weighted by atomic mass is 16.5. The van der Waals surface area contributed by atoms with Crippen molar-refractivity contribution in [3.05, 3.63) is 29.8 Å². The first kappa shape index (κ1) is 13.4. The summed E-state index contributed by atoms with van der Waals surface area (Å²) in [5.74, 6) is 2.39. The summed E-state index contributed by atoms with van der Waals surface area (Å²) in [5.41, 5.74) is 7.78. The van der Waals surface area contributed by atoms with E-state index in [0.29, 0.717) is 0 Å². The van der Waals surface area contributed by atoms with Gasteiger partial charge in [-0.15, -0.1) is 0 Å². The Labute approximate surface area is 111 Å². The molecule has 1 saturated carbocycles. The Kier molecular flexibility index (Phi) is 3.96. The SMILES string of the molecule is COc1ccc(C2(N)CCCC(C(C)C)C2)cc1. The van der Waals surface area contributed by atoms with Crippen LogP contribution < -0.4 is 10.5 Å². The molecule has 1 aliphatic rings. The van der Waals surface area contributed by atoms with Gasteiger partial charge in [-0.3, -0.25) is 0 Å². The summed E-state index contributed by atoms with van der Waals surface area (Å²) in [4.78, 5) is 0. The lowest BCUT2D eigenvalue weighted by atomic mass is 9.69. The highest BCUT2D eigenvalue weighted by molar-refractivity contribution is 5.32. The smallest absolute Gasteiger partial charge is 0.118 e. The molecule has 18 heavy (non-hydrogen) atoms. The second-order valence-electron chi connectivity index (χ2n) is 5.99. The first-order valence-electron chi connectivity index (χ1n) is 6.98. The lowest BCUT2D eigenvalue weighted by Crippen LogP contribution is -2.42. The number of rotatable bonds is 3. The van der Waals surface area contributed by atoms with Crippen LogP contribution >= 0.6 is 0 Å². The second-order valence-corrected chi connectivity index (χ2v) is 5.99. The zero-order chi connectivity index (χ0) is 13.2. The molecule has 0 amide bonds. The van der Waals surface area contributed by atoms with Crippen molar-refractivity contribution in [3.8, 4) is 5.75 Å². The maximum absolute atomic E-state index is 6.66. The molecule has 0 saturated heterocycles. The summed E-state index contributed by atoms with van der Waals surface area (Å²) in [6.45, 7) is 4.62. The van der Waals surface area contributed by atoms with E-state index in [2.05, 4.69) is 26.0 Å². The van der Waals surface area contributed by atoms with E-state index in [1.165, 1.54) is 18.4 Å². The lowest BCUT2D eigenvalue weighted by molar-refractivity contribution is 0.184. The normalized spacial score (nSPS) is 28.4. The Bertz CT molecular complexity index is 385. The summed E-state index contributed by atoms with van der Waals surface area (Å²) in [5, 5.41) is 0. The van der Waals surface area contributed by atoms with E-state index in [0.717, 1.165) is 30.4 Å². The molecule has 2 nitrogen and oxygen atoms in total. The minimum absolute atomic E-state index is 0.139. The maximum Gasteiger partial charge on any atom is 0.118 e. The number of methoxy groups -OCH3 is 1. The highest BCUT2D eigenvalue weighted by Crippen LogP contribution is 2.41. The molecular weight excluding hydrogens is 222 g/mol. The number of hydrogen-bond donors (Lipinski definition) is 1. The summed E-state index contributed by atoms with van der Waals surface area (Å²) < 4.78 is 5.21. The van der Waals surface area contributed by atoms with Gasteiger partial charge in [-0.25, -0.2) is 0 Å². The Hall–Kier alpha value is -1.02.